The van der Waals surface area contributed by atoms with E-state index in [4.69, 9.17) is 4.98 Å². The third-order valence-corrected chi connectivity index (χ3v) is 4.30. The molecule has 24 heavy (non-hydrogen) atoms. The Balaban J connectivity index is 1.60. The molecule has 1 N–H and O–H groups in total. The molecule has 1 aliphatic rings. The molecule has 2 aromatic carbocycles. The minimum absolute atomic E-state index is 0.794. The van der Waals surface area contributed by atoms with Gasteiger partial charge in [0.1, 0.15) is 5.82 Å². The summed E-state index contributed by atoms with van der Waals surface area (Å²) < 4.78 is 0. The average Bonchev–Trinajstić information content (AvgIpc) is 2.62. The Kier molecular flexibility index (Phi) is 3.87. The summed E-state index contributed by atoms with van der Waals surface area (Å²) in [5, 5.41) is 3.37. The van der Waals surface area contributed by atoms with Gasteiger partial charge in [0.05, 0.1) is 0 Å². The second-order valence-electron chi connectivity index (χ2n) is 6.13. The molecule has 120 valence electrons. The molecular formula is C20H20N4. The molecule has 0 amide bonds. The van der Waals surface area contributed by atoms with Crippen molar-refractivity contribution in [1.82, 2.24) is 9.97 Å². The topological polar surface area (TPSA) is 41.1 Å². The number of hydrogen-bond donors (Lipinski definition) is 1. The number of aromatic nitrogens is 2. The van der Waals surface area contributed by atoms with Crippen LogP contribution in [0.1, 0.15) is 16.8 Å². The summed E-state index contributed by atoms with van der Waals surface area (Å²) in [6.07, 6.45) is 1.04. The maximum atomic E-state index is 4.73. The van der Waals surface area contributed by atoms with E-state index < -0.39 is 0 Å². The number of para-hydroxylation sites is 1. The van der Waals surface area contributed by atoms with Gasteiger partial charge in [-0.25, -0.2) is 4.98 Å². The predicted molar refractivity (Wildman–Crippen MR) is 97.7 cm³/mol. The maximum Gasteiger partial charge on any atom is 0.227 e. The normalized spacial score (nSPS) is 13.5. The van der Waals surface area contributed by atoms with E-state index in [1.807, 2.05) is 43.3 Å². The van der Waals surface area contributed by atoms with E-state index in [1.165, 1.54) is 11.1 Å². The van der Waals surface area contributed by atoms with Crippen molar-refractivity contribution in [2.24, 2.45) is 0 Å². The first-order valence-corrected chi connectivity index (χ1v) is 8.27. The summed E-state index contributed by atoms with van der Waals surface area (Å²) in [5.74, 6) is 1.63. The Labute approximate surface area is 142 Å². The van der Waals surface area contributed by atoms with Crippen LogP contribution in [0.5, 0.6) is 0 Å². The quantitative estimate of drug-likeness (QED) is 0.790. The van der Waals surface area contributed by atoms with Gasteiger partial charge in [0.15, 0.2) is 0 Å². The summed E-state index contributed by atoms with van der Waals surface area (Å²) in [5.41, 5.74) is 4.80. The van der Waals surface area contributed by atoms with Crippen LogP contribution in [0.2, 0.25) is 0 Å². The summed E-state index contributed by atoms with van der Waals surface area (Å²) in [7, 11) is 0. The third kappa shape index (κ3) is 3.08. The lowest BCUT2D eigenvalue weighted by Crippen LogP contribution is -2.32. The minimum atomic E-state index is 0.794. The van der Waals surface area contributed by atoms with Crippen LogP contribution in [0.4, 0.5) is 17.5 Å². The molecule has 0 spiro atoms. The van der Waals surface area contributed by atoms with Crippen molar-refractivity contribution < 1.29 is 0 Å². The van der Waals surface area contributed by atoms with Gasteiger partial charge in [0, 0.05) is 30.5 Å². The van der Waals surface area contributed by atoms with Crippen molar-refractivity contribution in [2.45, 2.75) is 19.9 Å². The van der Waals surface area contributed by atoms with E-state index in [1.54, 1.807) is 0 Å². The monoisotopic (exact) mass is 316 g/mol. The Bertz CT molecular complexity index is 845. The van der Waals surface area contributed by atoms with E-state index >= 15 is 0 Å². The van der Waals surface area contributed by atoms with E-state index in [-0.39, 0.29) is 0 Å². The van der Waals surface area contributed by atoms with Crippen LogP contribution >= 0.6 is 0 Å². The van der Waals surface area contributed by atoms with E-state index in [0.717, 1.165) is 42.7 Å². The van der Waals surface area contributed by atoms with Gasteiger partial charge in [-0.3, -0.25) is 0 Å². The van der Waals surface area contributed by atoms with Crippen molar-refractivity contribution in [3.63, 3.8) is 0 Å². The highest BCUT2D eigenvalue weighted by Crippen LogP contribution is 2.24. The number of nitrogens with zero attached hydrogens (tertiary/aromatic N) is 3. The number of fused-ring (bicyclic) bond motifs is 1. The highest BCUT2D eigenvalue weighted by Gasteiger charge is 2.18. The van der Waals surface area contributed by atoms with Crippen molar-refractivity contribution in [3.8, 4) is 0 Å². The predicted octanol–water partition coefficient (Wildman–Crippen LogP) is 4.09. The highest BCUT2D eigenvalue weighted by atomic mass is 15.3. The highest BCUT2D eigenvalue weighted by molar-refractivity contribution is 5.57. The number of anilines is 3. The van der Waals surface area contributed by atoms with Crippen LogP contribution in [0.25, 0.3) is 0 Å². The molecule has 2 heterocycles. The zero-order valence-corrected chi connectivity index (χ0v) is 13.7. The van der Waals surface area contributed by atoms with Crippen LogP contribution in [-0.4, -0.2) is 16.5 Å². The molecule has 0 atom stereocenters. The van der Waals surface area contributed by atoms with Gasteiger partial charge in [0.25, 0.3) is 0 Å². The van der Waals surface area contributed by atoms with Crippen LogP contribution in [0, 0.1) is 6.92 Å². The average molecular weight is 316 g/mol. The van der Waals surface area contributed by atoms with Gasteiger partial charge in [0.2, 0.25) is 5.95 Å². The molecule has 0 aliphatic carbocycles. The molecule has 4 rings (SSSR count). The second-order valence-corrected chi connectivity index (χ2v) is 6.13. The summed E-state index contributed by atoms with van der Waals surface area (Å²) in [4.78, 5) is 11.6. The van der Waals surface area contributed by atoms with Gasteiger partial charge in [-0.2, -0.15) is 4.98 Å². The number of nitrogens with one attached hydrogen (secondary N) is 1. The molecule has 0 radical (unpaired) electrons. The van der Waals surface area contributed by atoms with E-state index in [2.05, 4.69) is 39.5 Å². The lowest BCUT2D eigenvalue weighted by molar-refractivity contribution is 0.706. The molecule has 0 saturated heterocycles. The Hall–Kier alpha value is -2.88. The summed E-state index contributed by atoms with van der Waals surface area (Å²) >= 11 is 0. The van der Waals surface area contributed by atoms with Gasteiger partial charge in [-0.05, 0) is 36.6 Å². The Morgan fingerprint density at radius 2 is 1.67 bits per heavy atom. The van der Waals surface area contributed by atoms with E-state index in [0.29, 0.717) is 0 Å². The molecule has 4 heteroatoms. The zero-order valence-electron chi connectivity index (χ0n) is 13.7. The van der Waals surface area contributed by atoms with Gasteiger partial charge >= 0.3 is 0 Å². The molecule has 4 nitrogen and oxygen atoms in total. The lowest BCUT2D eigenvalue weighted by Gasteiger charge is -2.29. The van der Waals surface area contributed by atoms with Gasteiger partial charge < -0.3 is 10.2 Å². The molecule has 0 fully saturated rings. The SMILES string of the molecule is Cc1cc(Nc2ccccc2)nc(N2CCc3ccccc3C2)n1. The fraction of sp³-hybridized carbons (Fsp3) is 0.200. The van der Waals surface area contributed by atoms with Crippen molar-refractivity contribution in [2.75, 3.05) is 16.8 Å². The number of hydrogen-bond acceptors (Lipinski definition) is 4. The third-order valence-electron chi connectivity index (χ3n) is 4.30. The molecule has 0 bridgehead atoms. The van der Waals surface area contributed by atoms with Crippen LogP contribution in [0.3, 0.4) is 0 Å². The molecule has 1 aliphatic heterocycles. The second kappa shape index (κ2) is 6.32. The summed E-state index contributed by atoms with van der Waals surface area (Å²) in [6, 6.07) is 20.7. The number of aryl methyl sites for hydroxylation is 1. The van der Waals surface area contributed by atoms with E-state index in [9.17, 15) is 0 Å². The van der Waals surface area contributed by atoms with Crippen molar-refractivity contribution >= 4 is 17.5 Å². The first kappa shape index (κ1) is 14.7. The lowest BCUT2D eigenvalue weighted by atomic mass is 10.0. The first-order chi connectivity index (χ1) is 11.8. The minimum Gasteiger partial charge on any atom is -0.340 e. The largest absolute Gasteiger partial charge is 0.340 e. The first-order valence-electron chi connectivity index (χ1n) is 8.27. The van der Waals surface area contributed by atoms with Crippen molar-refractivity contribution in [1.29, 1.82) is 0 Å². The van der Waals surface area contributed by atoms with Crippen LogP contribution in [0.15, 0.2) is 60.7 Å². The molecule has 1 aromatic heterocycles. The fourth-order valence-corrected chi connectivity index (χ4v) is 3.09. The molecule has 3 aromatic rings. The molecular weight excluding hydrogens is 296 g/mol. The maximum absolute atomic E-state index is 4.73. The number of rotatable bonds is 3. The Morgan fingerprint density at radius 1 is 0.917 bits per heavy atom. The van der Waals surface area contributed by atoms with Gasteiger partial charge in [-0.15, -0.1) is 0 Å². The van der Waals surface area contributed by atoms with Crippen molar-refractivity contribution in [3.05, 3.63) is 77.5 Å². The smallest absolute Gasteiger partial charge is 0.227 e. The number of benzene rings is 2. The molecule has 0 unspecified atom stereocenters. The standard InChI is InChI=1S/C20H20N4/c1-15-13-19(22-18-9-3-2-4-10-18)23-20(21-15)24-12-11-16-7-5-6-8-17(16)14-24/h2-10,13H,11-12,14H2,1H3,(H,21,22,23). The molecule has 0 saturated carbocycles. The fourth-order valence-electron chi connectivity index (χ4n) is 3.09. The Morgan fingerprint density at radius 3 is 2.50 bits per heavy atom. The van der Waals surface area contributed by atoms with Crippen LogP contribution < -0.4 is 10.2 Å². The van der Waals surface area contributed by atoms with Crippen LogP contribution in [-0.2, 0) is 13.0 Å². The van der Waals surface area contributed by atoms with Gasteiger partial charge in [-0.1, -0.05) is 42.5 Å². The zero-order chi connectivity index (χ0) is 16.4. The summed E-state index contributed by atoms with van der Waals surface area (Å²) in [6.45, 7) is 3.83.